The zero-order valence-electron chi connectivity index (χ0n) is 11.2. The van der Waals surface area contributed by atoms with Gasteiger partial charge in [0.1, 0.15) is 0 Å². The highest BCUT2D eigenvalue weighted by Gasteiger charge is 2.26. The van der Waals surface area contributed by atoms with Crippen molar-refractivity contribution in [2.24, 2.45) is 5.92 Å². The molecule has 1 heterocycles. The third-order valence-electron chi connectivity index (χ3n) is 4.24. The maximum absolute atomic E-state index is 10.7. The van der Waals surface area contributed by atoms with Gasteiger partial charge in [-0.3, -0.25) is 9.69 Å². The van der Waals surface area contributed by atoms with Crippen molar-refractivity contribution in [2.75, 3.05) is 13.1 Å². The zero-order chi connectivity index (χ0) is 13.2. The van der Waals surface area contributed by atoms with Crippen LogP contribution in [0.4, 0.5) is 0 Å². The summed E-state index contributed by atoms with van der Waals surface area (Å²) in [5.74, 6) is 0.477. The molecule has 3 rings (SSSR count). The second-order valence-corrected chi connectivity index (χ2v) is 6.01. The third-order valence-corrected chi connectivity index (χ3v) is 4.24. The first kappa shape index (κ1) is 12.7. The fourth-order valence-corrected chi connectivity index (χ4v) is 3.09. The Morgan fingerprint density at radius 2 is 2.16 bits per heavy atom. The lowest BCUT2D eigenvalue weighted by Gasteiger charge is -2.16. The van der Waals surface area contributed by atoms with Crippen LogP contribution in [0.5, 0.6) is 0 Å². The fourth-order valence-electron chi connectivity index (χ4n) is 3.09. The van der Waals surface area contributed by atoms with Crippen LogP contribution in [0.15, 0.2) is 24.3 Å². The van der Waals surface area contributed by atoms with E-state index in [-0.39, 0.29) is 0 Å². The highest BCUT2D eigenvalue weighted by molar-refractivity contribution is 5.67. The van der Waals surface area contributed by atoms with E-state index in [4.69, 9.17) is 5.11 Å². The van der Waals surface area contributed by atoms with Crippen LogP contribution >= 0.6 is 0 Å². The SMILES string of the molecule is O=C(O)CC1CCN(Cc2cccc(C3CC3)c2)C1. The van der Waals surface area contributed by atoms with Gasteiger partial charge in [-0.2, -0.15) is 0 Å². The summed E-state index contributed by atoms with van der Waals surface area (Å²) >= 11 is 0. The molecule has 2 fully saturated rings. The van der Waals surface area contributed by atoms with Crippen molar-refractivity contribution in [3.63, 3.8) is 0 Å². The Bertz CT molecular complexity index is 468. The minimum Gasteiger partial charge on any atom is -0.481 e. The molecule has 1 aromatic carbocycles. The highest BCUT2D eigenvalue weighted by atomic mass is 16.4. The number of carbonyl (C=O) groups is 1. The Hall–Kier alpha value is -1.35. The topological polar surface area (TPSA) is 40.5 Å². The molecule has 1 saturated heterocycles. The number of carboxylic acid groups (broad SMARTS) is 1. The van der Waals surface area contributed by atoms with E-state index in [1.54, 1.807) is 0 Å². The predicted octanol–water partition coefficient (Wildman–Crippen LogP) is 2.86. The van der Waals surface area contributed by atoms with E-state index in [1.807, 2.05) is 0 Å². The van der Waals surface area contributed by atoms with Crippen LogP contribution in [0.2, 0.25) is 0 Å². The molecule has 1 aromatic rings. The Balaban J connectivity index is 1.56. The Kier molecular flexibility index (Phi) is 3.56. The largest absolute Gasteiger partial charge is 0.481 e. The monoisotopic (exact) mass is 259 g/mol. The summed E-state index contributed by atoms with van der Waals surface area (Å²) in [7, 11) is 0. The summed E-state index contributed by atoms with van der Waals surface area (Å²) < 4.78 is 0. The maximum Gasteiger partial charge on any atom is 0.303 e. The van der Waals surface area contributed by atoms with Crippen molar-refractivity contribution in [2.45, 2.75) is 38.1 Å². The Labute approximate surface area is 114 Å². The Morgan fingerprint density at radius 3 is 2.89 bits per heavy atom. The van der Waals surface area contributed by atoms with Gasteiger partial charge in [-0.05, 0) is 48.8 Å². The van der Waals surface area contributed by atoms with Crippen molar-refractivity contribution >= 4 is 5.97 Å². The summed E-state index contributed by atoms with van der Waals surface area (Å²) in [6, 6.07) is 8.92. The quantitative estimate of drug-likeness (QED) is 0.884. The van der Waals surface area contributed by atoms with Gasteiger partial charge in [0.2, 0.25) is 0 Å². The molecule has 0 spiro atoms. The first-order chi connectivity index (χ1) is 9.20. The van der Waals surface area contributed by atoms with Gasteiger partial charge in [-0.1, -0.05) is 24.3 Å². The summed E-state index contributed by atoms with van der Waals surface area (Å²) in [6.45, 7) is 2.93. The van der Waals surface area contributed by atoms with E-state index < -0.39 is 5.97 Å². The lowest BCUT2D eigenvalue weighted by atomic mass is 10.1. The van der Waals surface area contributed by atoms with E-state index in [9.17, 15) is 4.79 Å². The number of likely N-dealkylation sites (tertiary alicyclic amines) is 1. The molecule has 19 heavy (non-hydrogen) atoms. The molecule has 3 nitrogen and oxygen atoms in total. The first-order valence-electron chi connectivity index (χ1n) is 7.23. The van der Waals surface area contributed by atoms with Gasteiger partial charge in [0, 0.05) is 19.5 Å². The van der Waals surface area contributed by atoms with E-state index in [1.165, 1.54) is 24.0 Å². The van der Waals surface area contributed by atoms with Gasteiger partial charge in [0.15, 0.2) is 0 Å². The van der Waals surface area contributed by atoms with Gasteiger partial charge in [0.05, 0.1) is 0 Å². The summed E-state index contributed by atoms with van der Waals surface area (Å²) in [5.41, 5.74) is 2.86. The molecule has 1 saturated carbocycles. The number of aliphatic carboxylic acids is 1. The number of nitrogens with zero attached hydrogens (tertiary/aromatic N) is 1. The molecule has 102 valence electrons. The van der Waals surface area contributed by atoms with E-state index in [2.05, 4.69) is 29.2 Å². The number of hydrogen-bond acceptors (Lipinski definition) is 2. The van der Waals surface area contributed by atoms with Crippen LogP contribution in [-0.4, -0.2) is 29.1 Å². The van der Waals surface area contributed by atoms with Gasteiger partial charge in [0.25, 0.3) is 0 Å². The van der Waals surface area contributed by atoms with Crippen LogP contribution in [0.1, 0.15) is 42.7 Å². The second-order valence-electron chi connectivity index (χ2n) is 6.01. The molecule has 1 atom stereocenters. The minimum absolute atomic E-state index is 0.318. The number of carboxylic acids is 1. The van der Waals surface area contributed by atoms with Crippen molar-refractivity contribution < 1.29 is 9.90 Å². The molecule has 0 aromatic heterocycles. The van der Waals surface area contributed by atoms with Crippen LogP contribution in [-0.2, 0) is 11.3 Å². The van der Waals surface area contributed by atoms with Crippen molar-refractivity contribution in [1.82, 2.24) is 4.90 Å². The van der Waals surface area contributed by atoms with Gasteiger partial charge in [-0.15, -0.1) is 0 Å². The molecule has 0 amide bonds. The van der Waals surface area contributed by atoms with Crippen molar-refractivity contribution in [3.05, 3.63) is 35.4 Å². The third kappa shape index (κ3) is 3.35. The fraction of sp³-hybridized carbons (Fsp3) is 0.562. The Morgan fingerprint density at radius 1 is 1.32 bits per heavy atom. The molecule has 1 unspecified atom stereocenters. The molecule has 1 aliphatic heterocycles. The molecule has 1 aliphatic carbocycles. The van der Waals surface area contributed by atoms with E-state index in [0.29, 0.717) is 12.3 Å². The van der Waals surface area contributed by atoms with Crippen molar-refractivity contribution in [1.29, 1.82) is 0 Å². The standard InChI is InChI=1S/C16H21NO2/c18-16(19)9-13-6-7-17(11-13)10-12-2-1-3-15(8-12)14-4-5-14/h1-3,8,13-14H,4-7,9-11H2,(H,18,19). The van der Waals surface area contributed by atoms with Gasteiger partial charge >= 0.3 is 5.97 Å². The lowest BCUT2D eigenvalue weighted by Crippen LogP contribution is -2.20. The average molecular weight is 259 g/mol. The molecular weight excluding hydrogens is 238 g/mol. The predicted molar refractivity (Wildman–Crippen MR) is 74.1 cm³/mol. The molecule has 1 N–H and O–H groups in total. The number of rotatable bonds is 5. The molecule has 3 heteroatoms. The summed E-state index contributed by atoms with van der Waals surface area (Å²) in [6.07, 6.45) is 4.02. The van der Waals surface area contributed by atoms with Gasteiger partial charge in [-0.25, -0.2) is 0 Å². The average Bonchev–Trinajstić information content (AvgIpc) is 3.13. The second kappa shape index (κ2) is 5.33. The normalized spacial score (nSPS) is 23.7. The molecule has 2 aliphatic rings. The van der Waals surface area contributed by atoms with Crippen LogP contribution < -0.4 is 0 Å². The van der Waals surface area contributed by atoms with Crippen LogP contribution in [0.3, 0.4) is 0 Å². The highest BCUT2D eigenvalue weighted by Crippen LogP contribution is 2.40. The maximum atomic E-state index is 10.7. The molecule has 0 bridgehead atoms. The number of benzene rings is 1. The van der Waals surface area contributed by atoms with E-state index in [0.717, 1.165) is 32.0 Å². The van der Waals surface area contributed by atoms with Crippen LogP contribution in [0, 0.1) is 5.92 Å². The first-order valence-corrected chi connectivity index (χ1v) is 7.23. The molecular formula is C16H21NO2. The smallest absolute Gasteiger partial charge is 0.303 e. The zero-order valence-corrected chi connectivity index (χ0v) is 11.2. The molecule has 0 radical (unpaired) electrons. The minimum atomic E-state index is -0.664. The van der Waals surface area contributed by atoms with Crippen molar-refractivity contribution in [3.8, 4) is 0 Å². The summed E-state index contributed by atoms with van der Waals surface area (Å²) in [4.78, 5) is 13.1. The lowest BCUT2D eigenvalue weighted by molar-refractivity contribution is -0.138. The summed E-state index contributed by atoms with van der Waals surface area (Å²) in [5, 5.41) is 8.84. The van der Waals surface area contributed by atoms with Crippen LogP contribution in [0.25, 0.3) is 0 Å². The van der Waals surface area contributed by atoms with Gasteiger partial charge < -0.3 is 5.11 Å². The number of hydrogen-bond donors (Lipinski definition) is 1. The van der Waals surface area contributed by atoms with E-state index >= 15 is 0 Å².